The number of hydrogen-bond acceptors (Lipinski definition) is 8. The molecule has 0 aliphatic carbocycles. The van der Waals surface area contributed by atoms with Crippen LogP contribution in [0, 0.1) is 18.8 Å². The third-order valence-electron chi connectivity index (χ3n) is 9.48. The molecule has 4 unspecified atom stereocenters. The van der Waals surface area contributed by atoms with Crippen LogP contribution in [0.5, 0.6) is 11.5 Å². The minimum absolute atomic E-state index is 0.147. The summed E-state index contributed by atoms with van der Waals surface area (Å²) in [5.74, 6) is 1.77. The van der Waals surface area contributed by atoms with Gasteiger partial charge in [0.25, 0.3) is 0 Å². The molecular formula is C43H64O8. The average Bonchev–Trinajstić information content (AvgIpc) is 3.14. The van der Waals surface area contributed by atoms with E-state index in [0.29, 0.717) is 36.5 Å². The Kier molecular flexibility index (Phi) is 19.2. The van der Waals surface area contributed by atoms with Crippen molar-refractivity contribution < 1.29 is 38.0 Å². The summed E-state index contributed by atoms with van der Waals surface area (Å²) >= 11 is 0. The molecule has 3 rings (SSSR count). The van der Waals surface area contributed by atoms with Crippen molar-refractivity contribution in [3.8, 4) is 11.5 Å². The first kappa shape index (κ1) is 42.1. The monoisotopic (exact) mass is 708 g/mol. The molecule has 0 amide bonds. The van der Waals surface area contributed by atoms with E-state index in [1.165, 1.54) is 12.8 Å². The van der Waals surface area contributed by atoms with E-state index in [1.54, 1.807) is 13.8 Å². The van der Waals surface area contributed by atoms with Gasteiger partial charge in [-0.1, -0.05) is 122 Å². The molecular weight excluding hydrogens is 644 g/mol. The van der Waals surface area contributed by atoms with Crippen molar-refractivity contribution in [1.82, 2.24) is 0 Å². The standard InChI is InChI=1S/C43H64O8/c1-8-14-18-32(10-3)25-46-27-34(50-40(44)12-5)29-48-42-36-20-16-17-21-37(36)43(39-24-31(7)22-23-38(39)42)49-30-35(51-41(45)13-6)28-47-26-33(11-4)19-15-9-2/h16-17,20-24,32-35H,8-15,18-19,25-30H2,1-7H3. The second-order valence-electron chi connectivity index (χ2n) is 13.7. The molecule has 0 spiro atoms. The highest BCUT2D eigenvalue weighted by Crippen LogP contribution is 2.43. The van der Waals surface area contributed by atoms with Gasteiger partial charge in [0.05, 0.1) is 13.2 Å². The van der Waals surface area contributed by atoms with E-state index in [0.717, 1.165) is 65.6 Å². The summed E-state index contributed by atoms with van der Waals surface area (Å²) in [5.41, 5.74) is 1.07. The number of rotatable bonds is 26. The van der Waals surface area contributed by atoms with E-state index in [1.807, 2.05) is 37.3 Å². The summed E-state index contributed by atoms with van der Waals surface area (Å²) in [6.07, 6.45) is 8.47. The molecule has 0 heterocycles. The Balaban J connectivity index is 1.88. The fraction of sp³-hybridized carbons (Fsp3) is 0.628. The minimum atomic E-state index is -0.557. The first-order chi connectivity index (χ1) is 24.8. The lowest BCUT2D eigenvalue weighted by molar-refractivity contribution is -0.154. The van der Waals surface area contributed by atoms with Crippen LogP contribution in [0.2, 0.25) is 0 Å². The van der Waals surface area contributed by atoms with Crippen LogP contribution in [-0.4, -0.2) is 63.8 Å². The van der Waals surface area contributed by atoms with Crippen molar-refractivity contribution in [1.29, 1.82) is 0 Å². The highest BCUT2D eigenvalue weighted by Gasteiger charge is 2.23. The van der Waals surface area contributed by atoms with Crippen LogP contribution >= 0.6 is 0 Å². The highest BCUT2D eigenvalue weighted by molar-refractivity contribution is 6.11. The van der Waals surface area contributed by atoms with Gasteiger partial charge in [-0.05, 0) is 37.7 Å². The molecule has 0 radical (unpaired) electrons. The number of ether oxygens (including phenoxy) is 6. The number of esters is 2. The van der Waals surface area contributed by atoms with Gasteiger partial charge in [0.15, 0.2) is 12.2 Å². The van der Waals surface area contributed by atoms with Gasteiger partial charge in [0.1, 0.15) is 24.7 Å². The molecule has 0 N–H and O–H groups in total. The van der Waals surface area contributed by atoms with Gasteiger partial charge in [-0.25, -0.2) is 0 Å². The molecule has 3 aromatic rings. The maximum Gasteiger partial charge on any atom is 0.305 e. The van der Waals surface area contributed by atoms with Crippen molar-refractivity contribution in [2.75, 3.05) is 39.6 Å². The summed E-state index contributed by atoms with van der Waals surface area (Å²) in [7, 11) is 0. The van der Waals surface area contributed by atoms with Crippen LogP contribution in [0.3, 0.4) is 0 Å². The minimum Gasteiger partial charge on any atom is -0.488 e. The first-order valence-corrected chi connectivity index (χ1v) is 19.5. The molecule has 0 aromatic heterocycles. The number of carbonyl (C=O) groups excluding carboxylic acids is 2. The Hall–Kier alpha value is -3.36. The zero-order valence-corrected chi connectivity index (χ0v) is 32.4. The topological polar surface area (TPSA) is 89.5 Å². The molecule has 0 saturated heterocycles. The second kappa shape index (κ2) is 23.3. The van der Waals surface area contributed by atoms with Crippen molar-refractivity contribution >= 4 is 33.5 Å². The molecule has 0 aliphatic heterocycles. The predicted molar refractivity (Wildman–Crippen MR) is 206 cm³/mol. The van der Waals surface area contributed by atoms with Gasteiger partial charge in [0.2, 0.25) is 0 Å². The highest BCUT2D eigenvalue weighted by atomic mass is 16.6. The third kappa shape index (κ3) is 13.6. The number of carbonyl (C=O) groups is 2. The number of aryl methyl sites for hydroxylation is 1. The number of unbranched alkanes of at least 4 members (excludes halogenated alkanes) is 2. The van der Waals surface area contributed by atoms with Gasteiger partial charge < -0.3 is 28.4 Å². The molecule has 0 bridgehead atoms. The van der Waals surface area contributed by atoms with Crippen LogP contribution in [0.4, 0.5) is 0 Å². The fourth-order valence-corrected chi connectivity index (χ4v) is 6.18. The predicted octanol–water partition coefficient (Wildman–Crippen LogP) is 10.2. The first-order valence-electron chi connectivity index (χ1n) is 19.5. The Morgan fingerprint density at radius 2 is 1.02 bits per heavy atom. The summed E-state index contributed by atoms with van der Waals surface area (Å²) in [6.45, 7) is 16.5. The van der Waals surface area contributed by atoms with E-state index in [4.69, 9.17) is 28.4 Å². The van der Waals surface area contributed by atoms with Crippen LogP contribution in [0.15, 0.2) is 42.5 Å². The SMILES string of the molecule is CCCCC(CC)COCC(COc1c2ccccc2c(OCC(COCC(CC)CCCC)OC(=O)CC)c2cc(C)ccc12)OC(=O)CC. The maximum absolute atomic E-state index is 12.4. The quantitative estimate of drug-likeness (QED) is 0.0601. The molecule has 0 fully saturated rings. The molecule has 3 aromatic carbocycles. The summed E-state index contributed by atoms with van der Waals surface area (Å²) in [4.78, 5) is 24.8. The number of fused-ring (bicyclic) bond motifs is 2. The summed E-state index contributed by atoms with van der Waals surface area (Å²) in [6, 6.07) is 14.2. The van der Waals surface area contributed by atoms with Gasteiger partial charge in [-0.15, -0.1) is 0 Å². The third-order valence-corrected chi connectivity index (χ3v) is 9.48. The second-order valence-corrected chi connectivity index (χ2v) is 13.7. The largest absolute Gasteiger partial charge is 0.488 e. The number of benzene rings is 3. The molecule has 51 heavy (non-hydrogen) atoms. The Morgan fingerprint density at radius 1 is 0.569 bits per heavy atom. The fourth-order valence-electron chi connectivity index (χ4n) is 6.18. The van der Waals surface area contributed by atoms with E-state index >= 15 is 0 Å². The molecule has 8 nitrogen and oxygen atoms in total. The lowest BCUT2D eigenvalue weighted by Gasteiger charge is -2.24. The van der Waals surface area contributed by atoms with E-state index in [2.05, 4.69) is 39.8 Å². The van der Waals surface area contributed by atoms with E-state index < -0.39 is 12.2 Å². The van der Waals surface area contributed by atoms with Crippen LogP contribution < -0.4 is 9.47 Å². The lowest BCUT2D eigenvalue weighted by atomic mass is 9.99. The molecule has 0 saturated carbocycles. The van der Waals surface area contributed by atoms with Crippen LogP contribution in [-0.2, 0) is 28.5 Å². The van der Waals surface area contributed by atoms with Crippen molar-refractivity contribution in [3.63, 3.8) is 0 Å². The molecule has 4 atom stereocenters. The normalized spacial score (nSPS) is 13.9. The Bertz CT molecular complexity index is 1470. The zero-order chi connectivity index (χ0) is 37.0. The average molecular weight is 709 g/mol. The maximum atomic E-state index is 12.4. The number of hydrogen-bond donors (Lipinski definition) is 0. The zero-order valence-electron chi connectivity index (χ0n) is 32.4. The smallest absolute Gasteiger partial charge is 0.305 e. The van der Waals surface area contributed by atoms with Crippen LogP contribution in [0.25, 0.3) is 21.5 Å². The van der Waals surface area contributed by atoms with Crippen molar-refractivity contribution in [3.05, 3.63) is 48.0 Å². The van der Waals surface area contributed by atoms with E-state index in [9.17, 15) is 9.59 Å². The van der Waals surface area contributed by atoms with Gasteiger partial charge in [0, 0.05) is 47.6 Å². The molecule has 0 aliphatic rings. The van der Waals surface area contributed by atoms with Crippen molar-refractivity contribution in [2.24, 2.45) is 11.8 Å². The molecule has 8 heteroatoms. The molecule has 284 valence electrons. The van der Waals surface area contributed by atoms with Crippen LogP contribution in [0.1, 0.15) is 111 Å². The van der Waals surface area contributed by atoms with Gasteiger partial charge in [-0.2, -0.15) is 0 Å². The van der Waals surface area contributed by atoms with Gasteiger partial charge in [-0.3, -0.25) is 9.59 Å². The Morgan fingerprint density at radius 3 is 1.45 bits per heavy atom. The van der Waals surface area contributed by atoms with Gasteiger partial charge >= 0.3 is 11.9 Å². The Labute approximate surface area is 306 Å². The van der Waals surface area contributed by atoms with E-state index in [-0.39, 0.29) is 51.2 Å². The summed E-state index contributed by atoms with van der Waals surface area (Å²) < 4.78 is 37.0. The van der Waals surface area contributed by atoms with Crippen molar-refractivity contribution in [2.45, 2.75) is 125 Å². The lowest BCUT2D eigenvalue weighted by Crippen LogP contribution is -2.31. The summed E-state index contributed by atoms with van der Waals surface area (Å²) in [5, 5.41) is 3.51.